The first-order valence-electron chi connectivity index (χ1n) is 48.3. The molecule has 0 radical (unpaired) electrons. The Morgan fingerprint density at radius 3 is 0.809 bits per heavy atom. The van der Waals surface area contributed by atoms with Gasteiger partial charge in [-0.3, -0.25) is 0 Å². The quantitative estimate of drug-likeness (QED) is 0.0961. The lowest BCUT2D eigenvalue weighted by Crippen LogP contribution is -2.16. The molecule has 0 amide bonds. The van der Waals surface area contributed by atoms with Gasteiger partial charge in [0, 0.05) is 106 Å². The van der Waals surface area contributed by atoms with Gasteiger partial charge in [0.2, 0.25) is 0 Å². The van der Waals surface area contributed by atoms with Crippen LogP contribution in [0.25, 0.3) is 187 Å². The van der Waals surface area contributed by atoms with Crippen LogP contribution in [0.5, 0.6) is 0 Å². The molecule has 1 aliphatic rings. The lowest BCUT2D eigenvalue weighted by atomic mass is 9.82. The van der Waals surface area contributed by atoms with E-state index in [4.69, 9.17) is 13.3 Å². The fourth-order valence-electron chi connectivity index (χ4n) is 21.0. The maximum Gasteiger partial charge on any atom is 0.143 e. The molecule has 27 rings (SSSR count). The average Bonchev–Trinajstić information content (AvgIpc) is 1.58. The molecule has 0 unspecified atom stereocenters. The molecule has 26 aromatic rings. The van der Waals surface area contributed by atoms with E-state index in [0.29, 0.717) is 0 Å². The van der Waals surface area contributed by atoms with Crippen LogP contribution in [0.3, 0.4) is 0 Å². The highest BCUT2D eigenvalue weighted by Crippen LogP contribution is 2.54. The second-order valence-corrected chi connectivity index (χ2v) is 37.0. The van der Waals surface area contributed by atoms with E-state index < -0.39 is 0 Å². The highest BCUT2D eigenvalue weighted by molar-refractivity contribution is 6.16. The smallest absolute Gasteiger partial charge is 0.143 e. The van der Waals surface area contributed by atoms with E-state index in [1.807, 2.05) is 18.2 Å². The van der Waals surface area contributed by atoms with Gasteiger partial charge in [0.25, 0.3) is 0 Å². The topological polar surface area (TPSA) is 49.1 Å². The first-order chi connectivity index (χ1) is 69.6. The van der Waals surface area contributed by atoms with Crippen LogP contribution >= 0.6 is 0 Å². The molecule has 6 nitrogen and oxygen atoms in total. The summed E-state index contributed by atoms with van der Waals surface area (Å²) in [6.45, 7) is 4.70. The van der Waals surface area contributed by atoms with Gasteiger partial charge >= 0.3 is 0 Å². The zero-order chi connectivity index (χ0) is 93.9. The van der Waals surface area contributed by atoms with Crippen LogP contribution in [0.1, 0.15) is 25.0 Å². The molecule has 3 aromatic heterocycles. The summed E-state index contributed by atoms with van der Waals surface area (Å²) in [7, 11) is 0. The maximum atomic E-state index is 6.67. The Morgan fingerprint density at radius 1 is 0.149 bits per heavy atom. The Bertz CT molecular complexity index is 9190. The molecule has 0 atom stereocenters. The van der Waals surface area contributed by atoms with Gasteiger partial charge in [0.15, 0.2) is 0 Å². The van der Waals surface area contributed by atoms with Gasteiger partial charge in [-0.05, 0) is 261 Å². The van der Waals surface area contributed by atoms with E-state index in [1.54, 1.807) is 0 Å². The minimum absolute atomic E-state index is 0.119. The normalized spacial score (nSPS) is 12.0. The molecule has 3 heterocycles. The van der Waals surface area contributed by atoms with Crippen molar-refractivity contribution >= 4 is 149 Å². The van der Waals surface area contributed by atoms with Crippen molar-refractivity contribution in [2.75, 3.05) is 14.7 Å². The van der Waals surface area contributed by atoms with Crippen molar-refractivity contribution < 1.29 is 13.3 Å². The lowest BCUT2D eigenvalue weighted by Gasteiger charge is -2.29. The Kier molecular flexibility index (Phi) is 21.6. The molecule has 6 heteroatoms. The highest BCUT2D eigenvalue weighted by Gasteiger charge is 2.36. The molecule has 666 valence electrons. The van der Waals surface area contributed by atoms with Crippen LogP contribution in [-0.4, -0.2) is 0 Å². The summed E-state index contributed by atoms with van der Waals surface area (Å²) >= 11 is 0. The molecule has 0 aliphatic heterocycles. The third-order valence-electron chi connectivity index (χ3n) is 28.1. The number of hydrogen-bond acceptors (Lipinski definition) is 6. The van der Waals surface area contributed by atoms with Gasteiger partial charge in [-0.25, -0.2) is 0 Å². The molecule has 23 aromatic carbocycles. The van der Waals surface area contributed by atoms with E-state index in [9.17, 15) is 0 Å². The highest BCUT2D eigenvalue weighted by atomic mass is 16.3. The summed E-state index contributed by atoms with van der Waals surface area (Å²) in [5.41, 5.74) is 36.6. The van der Waals surface area contributed by atoms with Gasteiger partial charge in [-0.15, -0.1) is 0 Å². The van der Waals surface area contributed by atoms with Gasteiger partial charge in [0.1, 0.15) is 33.5 Å². The van der Waals surface area contributed by atoms with Crippen LogP contribution in [0, 0.1) is 0 Å². The van der Waals surface area contributed by atoms with Crippen LogP contribution in [0.15, 0.2) is 541 Å². The second-order valence-electron chi connectivity index (χ2n) is 37.0. The SMILES string of the molecule is CC1(C)c2ccccc2-c2ccc(N(c3ccc(-c4ccccc4)cc3)c3cc(-c4ccc5ccccc5c4)c4oc5ccccc5c4c3)cc21.c1ccc(-c2ccc(N(c3cccc(-c4ccccc4)c3)c3cc(-c4ccc5ccccc5c4)c4oc5ccccc5c4c3)cc2)cc1.c1ccc(-c2ccc(N(c3ccccc3)c3cc(-c4ccc5ccccc5c4)c4oc5ccccc5c4c3)cc2)cc1. The van der Waals surface area contributed by atoms with Crippen LogP contribution in [-0.2, 0) is 5.41 Å². The van der Waals surface area contributed by atoms with Crippen molar-refractivity contribution in [3.8, 4) is 89.0 Å². The molecule has 1 aliphatic carbocycles. The molecule has 0 N–H and O–H groups in total. The number of rotatable bonds is 16. The fraction of sp³-hybridized carbons (Fsp3) is 0.0222. The number of fused-ring (bicyclic) bond motifs is 15. The van der Waals surface area contributed by atoms with Crippen molar-refractivity contribution in [3.63, 3.8) is 0 Å². The second kappa shape index (κ2) is 36.0. The molecular formula is C135H93N3O3. The number of anilines is 9. The maximum absolute atomic E-state index is 6.67. The Balaban J connectivity index is 0.000000112. The summed E-state index contributed by atoms with van der Waals surface area (Å²) < 4.78 is 19.8. The predicted molar refractivity (Wildman–Crippen MR) is 593 cm³/mol. The number of para-hydroxylation sites is 4. The molecular weight excluding hydrogens is 1710 g/mol. The van der Waals surface area contributed by atoms with Crippen molar-refractivity contribution in [2.45, 2.75) is 19.3 Å². The monoisotopic (exact) mass is 1800 g/mol. The predicted octanol–water partition coefficient (Wildman–Crippen LogP) is 38.6. The van der Waals surface area contributed by atoms with Crippen molar-refractivity contribution in [1.29, 1.82) is 0 Å². The fourth-order valence-corrected chi connectivity index (χ4v) is 21.0. The Morgan fingerprint density at radius 2 is 0.418 bits per heavy atom. The van der Waals surface area contributed by atoms with E-state index in [2.05, 4.69) is 538 Å². The van der Waals surface area contributed by atoms with Crippen LogP contribution < -0.4 is 14.7 Å². The zero-order valence-electron chi connectivity index (χ0n) is 77.8. The minimum Gasteiger partial charge on any atom is -0.455 e. The van der Waals surface area contributed by atoms with Gasteiger partial charge < -0.3 is 28.0 Å². The van der Waals surface area contributed by atoms with E-state index in [1.165, 1.54) is 99.1 Å². The summed E-state index contributed by atoms with van der Waals surface area (Å²) in [6, 6.07) is 189. The van der Waals surface area contributed by atoms with Crippen molar-refractivity contribution in [1.82, 2.24) is 0 Å². The average molecular weight is 1810 g/mol. The third-order valence-corrected chi connectivity index (χ3v) is 28.1. The number of hydrogen-bond donors (Lipinski definition) is 0. The van der Waals surface area contributed by atoms with Gasteiger partial charge in [-0.2, -0.15) is 0 Å². The van der Waals surface area contributed by atoms with Crippen LogP contribution in [0.2, 0.25) is 0 Å². The molecule has 0 saturated heterocycles. The number of furan rings is 3. The summed E-state index contributed by atoms with van der Waals surface area (Å²) in [6.07, 6.45) is 0. The first kappa shape index (κ1) is 84.4. The molecule has 141 heavy (non-hydrogen) atoms. The number of nitrogens with zero attached hydrogens (tertiary/aromatic N) is 3. The molecule has 0 saturated carbocycles. The first-order valence-corrected chi connectivity index (χ1v) is 48.3. The molecule has 0 spiro atoms. The van der Waals surface area contributed by atoms with E-state index in [0.717, 1.165) is 150 Å². The Labute approximate surface area is 818 Å². The third kappa shape index (κ3) is 15.9. The number of benzene rings is 23. The minimum atomic E-state index is -0.119. The largest absolute Gasteiger partial charge is 0.455 e. The van der Waals surface area contributed by atoms with Crippen LogP contribution in [0.4, 0.5) is 51.2 Å². The molecule has 0 fully saturated rings. The van der Waals surface area contributed by atoms with Gasteiger partial charge in [0.05, 0.1) is 0 Å². The van der Waals surface area contributed by atoms with E-state index >= 15 is 0 Å². The summed E-state index contributed by atoms with van der Waals surface area (Å²) in [5.74, 6) is 0. The van der Waals surface area contributed by atoms with Gasteiger partial charge in [-0.1, -0.05) is 396 Å². The Hall–Kier alpha value is -18.4. The lowest BCUT2D eigenvalue weighted by molar-refractivity contribution is 0.660. The van der Waals surface area contributed by atoms with Crippen molar-refractivity contribution in [2.24, 2.45) is 0 Å². The van der Waals surface area contributed by atoms with Crippen molar-refractivity contribution in [3.05, 3.63) is 539 Å². The zero-order valence-corrected chi connectivity index (χ0v) is 77.8. The molecule has 0 bridgehead atoms. The summed E-state index contributed by atoms with van der Waals surface area (Å²) in [5, 5.41) is 13.9. The van der Waals surface area contributed by atoms with E-state index in [-0.39, 0.29) is 5.41 Å². The summed E-state index contributed by atoms with van der Waals surface area (Å²) in [4.78, 5) is 7.12. The standard InChI is InChI=1S/C49H35NO.C46H31NO.C40H27NO/c1-49(2)45-18-10-8-16-40(45)41-27-26-38(31-46(41)49)50(37-24-22-34(23-25-37)32-12-4-3-5-13-32)39-29-43(36-21-20-33-14-6-7-15-35(33)28-36)48-44(30-39)42-17-9-11-19-47(42)51-48;1-3-12-32(13-4-1)35-24-26-39(27-25-35)47(40-19-11-18-37(29-40)33-14-5-2-6-15-33)41-30-43(38-23-22-34-16-7-8-17-36(34)28-38)46-44(31-41)42-20-9-10-21-45(42)48-46;1-3-11-28(12-4-1)30-21-23-34(24-22-30)41(33-15-5-2-6-16-33)35-26-37(32-20-19-29-13-7-8-14-31(29)25-32)40-38(27-35)36-17-9-10-18-39(36)42-40/h3-31H,1-2H3;1-31H;1-27H.